The van der Waals surface area contributed by atoms with Crippen molar-refractivity contribution >= 4 is 0 Å². The molecule has 124 valence electrons. The van der Waals surface area contributed by atoms with E-state index >= 15 is 0 Å². The molecule has 0 aliphatic heterocycles. The highest BCUT2D eigenvalue weighted by Crippen LogP contribution is 2.26. The van der Waals surface area contributed by atoms with Crippen LogP contribution in [0, 0.1) is 5.92 Å². The molecule has 5 heteroatoms. The minimum Gasteiger partial charge on any atom is -0.377 e. The molecule has 1 aliphatic rings. The van der Waals surface area contributed by atoms with E-state index in [1.807, 2.05) is 24.5 Å². The zero-order valence-corrected chi connectivity index (χ0v) is 13.8. The van der Waals surface area contributed by atoms with E-state index in [2.05, 4.69) is 27.4 Å². The van der Waals surface area contributed by atoms with E-state index in [1.165, 1.54) is 25.7 Å². The highest BCUT2D eigenvalue weighted by molar-refractivity contribution is 5.61. The molecule has 0 amide bonds. The Kier molecular flexibility index (Phi) is 5.77. The van der Waals surface area contributed by atoms with Crippen LogP contribution < -0.4 is 5.32 Å². The number of rotatable bonds is 7. The number of aromatic amines is 1. The molecule has 0 aromatic carbocycles. The molecule has 0 unspecified atom stereocenters. The van der Waals surface area contributed by atoms with Crippen molar-refractivity contribution in [3.8, 4) is 11.3 Å². The average molecular weight is 314 g/mol. The van der Waals surface area contributed by atoms with E-state index < -0.39 is 0 Å². The number of nitrogens with zero attached hydrogens (tertiary/aromatic N) is 2. The number of H-pyrrole nitrogens is 1. The van der Waals surface area contributed by atoms with Gasteiger partial charge in [0.25, 0.3) is 0 Å². The maximum atomic E-state index is 6.03. The number of aromatic nitrogens is 3. The quantitative estimate of drug-likeness (QED) is 0.771. The van der Waals surface area contributed by atoms with Gasteiger partial charge in [0.1, 0.15) is 0 Å². The van der Waals surface area contributed by atoms with Crippen molar-refractivity contribution in [1.82, 2.24) is 20.5 Å². The number of nitrogens with one attached hydrogen (secondary N) is 2. The molecular formula is C18H26N4O. The third-order valence-electron chi connectivity index (χ3n) is 4.63. The lowest BCUT2D eigenvalue weighted by atomic mass is 9.88. The molecule has 2 aromatic rings. The van der Waals surface area contributed by atoms with Crippen molar-refractivity contribution in [2.75, 3.05) is 13.2 Å². The summed E-state index contributed by atoms with van der Waals surface area (Å²) in [6.45, 7) is 4.73. The van der Waals surface area contributed by atoms with Gasteiger partial charge in [0, 0.05) is 36.6 Å². The smallest absolute Gasteiger partial charge is 0.0710 e. The second-order valence-corrected chi connectivity index (χ2v) is 6.36. The van der Waals surface area contributed by atoms with E-state index in [1.54, 1.807) is 6.20 Å². The average Bonchev–Trinajstić information content (AvgIpc) is 3.05. The fourth-order valence-electron chi connectivity index (χ4n) is 3.24. The van der Waals surface area contributed by atoms with E-state index in [-0.39, 0.29) is 0 Å². The molecular weight excluding hydrogens is 288 g/mol. The van der Waals surface area contributed by atoms with Gasteiger partial charge in [-0.2, -0.15) is 5.10 Å². The summed E-state index contributed by atoms with van der Waals surface area (Å²) in [5.41, 5.74) is 3.26. The normalized spacial score (nSPS) is 21.4. The van der Waals surface area contributed by atoms with Gasteiger partial charge >= 0.3 is 0 Å². The number of pyridine rings is 1. The molecule has 2 N–H and O–H groups in total. The third-order valence-corrected chi connectivity index (χ3v) is 4.63. The number of hydrogen-bond donors (Lipinski definition) is 2. The first kappa shape index (κ1) is 16.1. The predicted octanol–water partition coefficient (Wildman–Crippen LogP) is 3.16. The maximum Gasteiger partial charge on any atom is 0.0710 e. The first-order valence-electron chi connectivity index (χ1n) is 8.59. The van der Waals surface area contributed by atoms with Crippen molar-refractivity contribution in [3.63, 3.8) is 0 Å². The van der Waals surface area contributed by atoms with Gasteiger partial charge < -0.3 is 10.1 Å². The van der Waals surface area contributed by atoms with Gasteiger partial charge in [-0.05, 0) is 30.9 Å². The molecule has 1 aliphatic carbocycles. The second-order valence-electron chi connectivity index (χ2n) is 6.36. The fourth-order valence-corrected chi connectivity index (χ4v) is 3.24. The molecule has 0 radical (unpaired) electrons. The van der Waals surface area contributed by atoms with Crippen LogP contribution in [-0.2, 0) is 11.3 Å². The lowest BCUT2D eigenvalue weighted by molar-refractivity contribution is -0.00322. The monoisotopic (exact) mass is 314 g/mol. The molecule has 0 spiro atoms. The van der Waals surface area contributed by atoms with E-state index in [0.29, 0.717) is 12.0 Å². The van der Waals surface area contributed by atoms with E-state index in [0.717, 1.165) is 36.5 Å². The molecule has 3 rings (SSSR count). The van der Waals surface area contributed by atoms with Gasteiger partial charge in [0.05, 0.1) is 24.6 Å². The van der Waals surface area contributed by atoms with Crippen molar-refractivity contribution < 1.29 is 4.74 Å². The molecule has 0 saturated heterocycles. The maximum absolute atomic E-state index is 6.03. The minimum absolute atomic E-state index is 0.449. The standard InChI is InChI=1S/C18H26N4O/c1-14-5-2-3-7-17(14)23-10-9-20-12-16-13-21-22-18(16)15-6-4-8-19-11-15/h4,6,8,11,13-14,17,20H,2-3,5,7,9-10,12H2,1H3,(H,21,22)/t14-,17-/m1/s1. The lowest BCUT2D eigenvalue weighted by Gasteiger charge is -2.28. The van der Waals surface area contributed by atoms with Crippen LogP contribution in [-0.4, -0.2) is 34.4 Å². The van der Waals surface area contributed by atoms with Crippen molar-refractivity contribution in [2.24, 2.45) is 5.92 Å². The first-order valence-corrected chi connectivity index (χ1v) is 8.59. The van der Waals surface area contributed by atoms with Crippen LogP contribution in [0.15, 0.2) is 30.7 Å². The molecule has 1 fully saturated rings. The van der Waals surface area contributed by atoms with Gasteiger partial charge in [0.2, 0.25) is 0 Å². The third kappa shape index (κ3) is 4.39. The summed E-state index contributed by atoms with van der Waals surface area (Å²) < 4.78 is 6.03. The Morgan fingerprint density at radius 2 is 2.22 bits per heavy atom. The fraction of sp³-hybridized carbons (Fsp3) is 0.556. The van der Waals surface area contributed by atoms with Gasteiger partial charge in [-0.25, -0.2) is 0 Å². The van der Waals surface area contributed by atoms with Crippen LogP contribution in [0.1, 0.15) is 38.2 Å². The molecule has 2 aromatic heterocycles. The van der Waals surface area contributed by atoms with Crippen LogP contribution in [0.2, 0.25) is 0 Å². The van der Waals surface area contributed by atoms with E-state index in [4.69, 9.17) is 4.74 Å². The summed E-state index contributed by atoms with van der Waals surface area (Å²) >= 11 is 0. The molecule has 2 heterocycles. The first-order chi connectivity index (χ1) is 11.3. The Morgan fingerprint density at radius 3 is 3.04 bits per heavy atom. The lowest BCUT2D eigenvalue weighted by Crippen LogP contribution is -2.29. The summed E-state index contributed by atoms with van der Waals surface area (Å²) in [5.74, 6) is 0.704. The summed E-state index contributed by atoms with van der Waals surface area (Å²) in [7, 11) is 0. The zero-order chi connectivity index (χ0) is 15.9. The summed E-state index contributed by atoms with van der Waals surface area (Å²) in [6.07, 6.45) is 11.1. The topological polar surface area (TPSA) is 62.8 Å². The van der Waals surface area contributed by atoms with Gasteiger partial charge in [-0.15, -0.1) is 0 Å². The Hall–Kier alpha value is -1.72. The Morgan fingerprint density at radius 1 is 1.30 bits per heavy atom. The molecule has 2 atom stereocenters. The van der Waals surface area contributed by atoms with Gasteiger partial charge in [-0.3, -0.25) is 10.1 Å². The highest BCUT2D eigenvalue weighted by atomic mass is 16.5. The van der Waals surface area contributed by atoms with Crippen molar-refractivity contribution in [1.29, 1.82) is 0 Å². The molecule has 1 saturated carbocycles. The summed E-state index contributed by atoms with van der Waals surface area (Å²) in [4.78, 5) is 4.16. The molecule has 23 heavy (non-hydrogen) atoms. The van der Waals surface area contributed by atoms with Crippen LogP contribution in [0.5, 0.6) is 0 Å². The largest absolute Gasteiger partial charge is 0.377 e. The van der Waals surface area contributed by atoms with Crippen molar-refractivity contribution in [2.45, 2.75) is 45.3 Å². The minimum atomic E-state index is 0.449. The Labute approximate surface area is 137 Å². The second kappa shape index (κ2) is 8.22. The number of hydrogen-bond acceptors (Lipinski definition) is 4. The SMILES string of the molecule is C[C@@H]1CCCC[C@H]1OCCNCc1cn[nH]c1-c1cccnc1. The molecule has 5 nitrogen and oxygen atoms in total. The predicted molar refractivity (Wildman–Crippen MR) is 90.9 cm³/mol. The Bertz CT molecular complexity index is 584. The molecule has 0 bridgehead atoms. The highest BCUT2D eigenvalue weighted by Gasteiger charge is 2.21. The zero-order valence-electron chi connectivity index (χ0n) is 13.8. The van der Waals surface area contributed by atoms with Gasteiger partial charge in [-0.1, -0.05) is 19.8 Å². The van der Waals surface area contributed by atoms with Crippen LogP contribution in [0.3, 0.4) is 0 Å². The van der Waals surface area contributed by atoms with Crippen molar-refractivity contribution in [3.05, 3.63) is 36.3 Å². The Balaban J connectivity index is 1.42. The van der Waals surface area contributed by atoms with Crippen LogP contribution in [0.25, 0.3) is 11.3 Å². The summed E-state index contributed by atoms with van der Waals surface area (Å²) in [5, 5.41) is 10.7. The van der Waals surface area contributed by atoms with Gasteiger partial charge in [0.15, 0.2) is 0 Å². The summed E-state index contributed by atoms with van der Waals surface area (Å²) in [6, 6.07) is 3.98. The van der Waals surface area contributed by atoms with E-state index in [9.17, 15) is 0 Å². The number of ether oxygens (including phenoxy) is 1. The van der Waals surface area contributed by atoms with Crippen LogP contribution in [0.4, 0.5) is 0 Å². The van der Waals surface area contributed by atoms with Crippen LogP contribution >= 0.6 is 0 Å².